The minimum absolute atomic E-state index is 0.0150. The number of alkyl halides is 2. The zero-order chi connectivity index (χ0) is 13.0. The maximum Gasteiger partial charge on any atom is 0.338 e. The molecule has 0 fully saturated rings. The molecule has 1 aromatic carbocycles. The van der Waals surface area contributed by atoms with Crippen LogP contribution in [0.2, 0.25) is 0 Å². The zero-order valence-corrected chi connectivity index (χ0v) is 9.46. The van der Waals surface area contributed by atoms with Crippen LogP contribution in [0, 0.1) is 18.3 Å². The quantitative estimate of drug-likeness (QED) is 0.762. The number of ether oxygens (including phenoxy) is 1. The van der Waals surface area contributed by atoms with Crippen LogP contribution in [0.4, 0.5) is 8.78 Å². The Morgan fingerprint density at radius 3 is 2.65 bits per heavy atom. The Labute approximate surface area is 97.6 Å². The van der Waals surface area contributed by atoms with Gasteiger partial charge in [-0.05, 0) is 31.5 Å². The van der Waals surface area contributed by atoms with Crippen molar-refractivity contribution in [3.63, 3.8) is 0 Å². The number of carbonyl (C=O) groups excluding carboxylic acids is 1. The minimum Gasteiger partial charge on any atom is -0.462 e. The Hall–Kier alpha value is -1.96. The third kappa shape index (κ3) is 2.78. The molecule has 0 saturated carbocycles. The molecule has 0 unspecified atom stereocenters. The fourth-order valence-corrected chi connectivity index (χ4v) is 1.40. The normalized spacial score (nSPS) is 10.1. The molecule has 0 N–H and O–H groups in total. The lowest BCUT2D eigenvalue weighted by Crippen LogP contribution is -2.09. The first-order valence-electron chi connectivity index (χ1n) is 5.01. The van der Waals surface area contributed by atoms with Crippen LogP contribution in [-0.2, 0) is 4.74 Å². The Morgan fingerprint density at radius 1 is 1.53 bits per heavy atom. The highest BCUT2D eigenvalue weighted by Gasteiger charge is 2.18. The molecule has 0 aromatic heterocycles. The summed E-state index contributed by atoms with van der Waals surface area (Å²) in [4.78, 5) is 11.5. The third-order valence-corrected chi connectivity index (χ3v) is 2.30. The summed E-state index contributed by atoms with van der Waals surface area (Å²) in [6.45, 7) is 3.30. The molecule has 5 heteroatoms. The van der Waals surface area contributed by atoms with E-state index in [4.69, 9.17) is 10.00 Å². The second-order valence-corrected chi connectivity index (χ2v) is 3.37. The second-order valence-electron chi connectivity index (χ2n) is 3.37. The van der Waals surface area contributed by atoms with Gasteiger partial charge in [0.05, 0.1) is 23.8 Å². The van der Waals surface area contributed by atoms with Crippen molar-refractivity contribution in [2.75, 3.05) is 6.61 Å². The van der Waals surface area contributed by atoms with Gasteiger partial charge >= 0.3 is 5.97 Å². The molecule has 0 spiro atoms. The van der Waals surface area contributed by atoms with E-state index in [0.717, 1.165) is 12.1 Å². The van der Waals surface area contributed by atoms with Gasteiger partial charge in [0.25, 0.3) is 6.43 Å². The van der Waals surface area contributed by atoms with Gasteiger partial charge in [0.15, 0.2) is 0 Å². The summed E-state index contributed by atoms with van der Waals surface area (Å²) in [6.07, 6.45) is -2.73. The number of carbonyl (C=O) groups is 1. The zero-order valence-electron chi connectivity index (χ0n) is 9.46. The van der Waals surface area contributed by atoms with Crippen LogP contribution in [-0.4, -0.2) is 12.6 Å². The molecule has 0 atom stereocenters. The van der Waals surface area contributed by atoms with E-state index in [1.165, 1.54) is 6.92 Å². The molecule has 17 heavy (non-hydrogen) atoms. The molecular weight excluding hydrogens is 228 g/mol. The van der Waals surface area contributed by atoms with Crippen LogP contribution >= 0.6 is 0 Å². The Morgan fingerprint density at radius 2 is 2.18 bits per heavy atom. The van der Waals surface area contributed by atoms with Crippen LogP contribution in [0.1, 0.15) is 40.4 Å². The van der Waals surface area contributed by atoms with Gasteiger partial charge in [-0.15, -0.1) is 0 Å². The van der Waals surface area contributed by atoms with E-state index in [9.17, 15) is 13.6 Å². The molecule has 0 aliphatic heterocycles. The van der Waals surface area contributed by atoms with E-state index in [1.807, 2.05) is 0 Å². The highest BCUT2D eigenvalue weighted by Crippen LogP contribution is 2.25. The molecule has 0 radical (unpaired) electrons. The lowest BCUT2D eigenvalue weighted by Gasteiger charge is -2.09. The number of rotatable bonds is 3. The van der Waals surface area contributed by atoms with E-state index in [2.05, 4.69) is 0 Å². The van der Waals surface area contributed by atoms with Gasteiger partial charge in [0.2, 0.25) is 0 Å². The lowest BCUT2D eigenvalue weighted by molar-refractivity contribution is 0.0525. The number of nitriles is 1. The molecule has 0 aliphatic carbocycles. The SMILES string of the molecule is CCOC(=O)c1cc(C(F)F)cc(C#N)c1C. The summed E-state index contributed by atoms with van der Waals surface area (Å²) in [7, 11) is 0. The van der Waals surface area contributed by atoms with Crippen molar-refractivity contribution >= 4 is 5.97 Å². The molecule has 90 valence electrons. The number of hydrogen-bond donors (Lipinski definition) is 0. The number of nitrogens with zero attached hydrogens (tertiary/aromatic N) is 1. The first kappa shape index (κ1) is 13.1. The predicted octanol–water partition coefficient (Wildman–Crippen LogP) is 2.98. The van der Waals surface area contributed by atoms with Crippen molar-refractivity contribution in [2.45, 2.75) is 20.3 Å². The first-order valence-corrected chi connectivity index (χ1v) is 5.01. The summed E-state index contributed by atoms with van der Waals surface area (Å²) in [5, 5.41) is 8.81. The van der Waals surface area contributed by atoms with Gasteiger partial charge in [-0.2, -0.15) is 5.26 Å². The predicted molar refractivity (Wildman–Crippen MR) is 56.8 cm³/mol. The average molecular weight is 239 g/mol. The van der Waals surface area contributed by atoms with Crippen molar-refractivity contribution in [2.24, 2.45) is 0 Å². The van der Waals surface area contributed by atoms with E-state index < -0.39 is 12.4 Å². The number of benzene rings is 1. The van der Waals surface area contributed by atoms with Crippen molar-refractivity contribution in [1.82, 2.24) is 0 Å². The van der Waals surface area contributed by atoms with Gasteiger partial charge < -0.3 is 4.74 Å². The van der Waals surface area contributed by atoms with E-state index in [-0.39, 0.29) is 23.3 Å². The van der Waals surface area contributed by atoms with Crippen molar-refractivity contribution in [3.8, 4) is 6.07 Å². The standard InChI is InChI=1S/C12H11F2NO2/c1-3-17-12(16)10-5-8(11(13)14)4-9(6-15)7(10)2/h4-5,11H,3H2,1-2H3. The fraction of sp³-hybridized carbons (Fsp3) is 0.333. The molecule has 1 aromatic rings. The third-order valence-electron chi connectivity index (χ3n) is 2.30. The van der Waals surface area contributed by atoms with Crippen LogP contribution < -0.4 is 0 Å². The molecular formula is C12H11F2NO2. The van der Waals surface area contributed by atoms with Crippen molar-refractivity contribution in [3.05, 3.63) is 34.4 Å². The van der Waals surface area contributed by atoms with Crippen LogP contribution in [0.25, 0.3) is 0 Å². The summed E-state index contributed by atoms with van der Waals surface area (Å²) in [6, 6.07) is 3.94. The topological polar surface area (TPSA) is 50.1 Å². The summed E-state index contributed by atoms with van der Waals surface area (Å²) in [5.74, 6) is -0.691. The van der Waals surface area contributed by atoms with Crippen LogP contribution in [0.3, 0.4) is 0 Å². The monoisotopic (exact) mass is 239 g/mol. The number of halogens is 2. The highest BCUT2D eigenvalue weighted by molar-refractivity contribution is 5.92. The largest absolute Gasteiger partial charge is 0.462 e. The Balaban J connectivity index is 3.33. The summed E-state index contributed by atoms with van der Waals surface area (Å²) < 4.78 is 29.9. The Bertz CT molecular complexity index is 478. The second kappa shape index (κ2) is 5.39. The number of hydrogen-bond acceptors (Lipinski definition) is 3. The molecule has 0 heterocycles. The Kier molecular flexibility index (Phi) is 4.16. The van der Waals surface area contributed by atoms with Crippen molar-refractivity contribution in [1.29, 1.82) is 5.26 Å². The molecule has 0 bridgehead atoms. The van der Waals surface area contributed by atoms with Gasteiger partial charge in [-0.25, -0.2) is 13.6 Å². The minimum atomic E-state index is -2.73. The fourth-order valence-electron chi connectivity index (χ4n) is 1.40. The molecule has 0 saturated heterocycles. The first-order chi connectivity index (χ1) is 8.01. The van der Waals surface area contributed by atoms with E-state index >= 15 is 0 Å². The average Bonchev–Trinajstić information content (AvgIpc) is 2.29. The van der Waals surface area contributed by atoms with E-state index in [0.29, 0.717) is 5.56 Å². The van der Waals surface area contributed by atoms with E-state index in [1.54, 1.807) is 13.0 Å². The smallest absolute Gasteiger partial charge is 0.338 e. The molecule has 1 rings (SSSR count). The molecule has 0 amide bonds. The summed E-state index contributed by atoms with van der Waals surface area (Å²) in [5.41, 5.74) is 0.0811. The van der Waals surface area contributed by atoms with Crippen molar-refractivity contribution < 1.29 is 18.3 Å². The van der Waals surface area contributed by atoms with Gasteiger partial charge in [-0.1, -0.05) is 0 Å². The highest BCUT2D eigenvalue weighted by atomic mass is 19.3. The maximum atomic E-state index is 12.6. The van der Waals surface area contributed by atoms with Gasteiger partial charge in [-0.3, -0.25) is 0 Å². The van der Waals surface area contributed by atoms with Gasteiger partial charge in [0.1, 0.15) is 0 Å². The van der Waals surface area contributed by atoms with Crippen LogP contribution in [0.5, 0.6) is 0 Å². The number of esters is 1. The van der Waals surface area contributed by atoms with Gasteiger partial charge in [0, 0.05) is 5.56 Å². The maximum absolute atomic E-state index is 12.6. The summed E-state index contributed by atoms with van der Waals surface area (Å²) >= 11 is 0. The van der Waals surface area contributed by atoms with Crippen LogP contribution in [0.15, 0.2) is 12.1 Å². The lowest BCUT2D eigenvalue weighted by atomic mass is 9.99. The molecule has 3 nitrogen and oxygen atoms in total. The molecule has 0 aliphatic rings.